The highest BCUT2D eigenvalue weighted by Crippen LogP contribution is 2.35. The van der Waals surface area contributed by atoms with Crippen LogP contribution in [0.4, 0.5) is 5.69 Å². The lowest BCUT2D eigenvalue weighted by molar-refractivity contribution is -0.121. The van der Waals surface area contributed by atoms with E-state index in [0.29, 0.717) is 5.92 Å². The first-order valence-corrected chi connectivity index (χ1v) is 8.54. The fourth-order valence-electron chi connectivity index (χ4n) is 3.14. The van der Waals surface area contributed by atoms with Gasteiger partial charge >= 0.3 is 0 Å². The van der Waals surface area contributed by atoms with Crippen LogP contribution in [0.25, 0.3) is 0 Å². The molecule has 1 fully saturated rings. The van der Waals surface area contributed by atoms with E-state index >= 15 is 0 Å². The van der Waals surface area contributed by atoms with Crippen LogP contribution < -0.4 is 10.2 Å². The minimum atomic E-state index is 0.00450. The zero-order chi connectivity index (χ0) is 13.9. The molecule has 2 aliphatic rings. The Balaban J connectivity index is 1.78. The van der Waals surface area contributed by atoms with E-state index in [1.807, 2.05) is 28.8 Å². The van der Waals surface area contributed by atoms with Gasteiger partial charge in [-0.1, -0.05) is 25.5 Å². The second kappa shape index (κ2) is 6.19. The van der Waals surface area contributed by atoms with Crippen LogP contribution in [-0.4, -0.2) is 30.8 Å². The Bertz CT molecular complexity index is 491. The second-order valence-electron chi connectivity index (χ2n) is 5.61. The number of rotatable bonds is 2. The molecule has 0 aromatic heterocycles. The summed E-state index contributed by atoms with van der Waals surface area (Å²) in [7, 11) is 0. The lowest BCUT2D eigenvalue weighted by Gasteiger charge is -2.35. The number of hydrogen-bond donors (Lipinski definition) is 1. The van der Waals surface area contributed by atoms with Crippen LogP contribution in [0, 0.1) is 5.92 Å². The third kappa shape index (κ3) is 2.72. The highest BCUT2D eigenvalue weighted by atomic mass is 32.2. The standard InChI is InChI=1S/C16H22N2OS/c1-2-12-7-8-17-13(11-12)16(19)18-9-10-20-15-6-4-3-5-14(15)18/h3-6,12-13,17H,2,7-11H2,1H3. The van der Waals surface area contributed by atoms with Gasteiger partial charge in [-0.15, -0.1) is 11.8 Å². The molecule has 2 heterocycles. The predicted octanol–water partition coefficient (Wildman–Crippen LogP) is 2.90. The Kier molecular flexibility index (Phi) is 4.32. The molecule has 0 bridgehead atoms. The van der Waals surface area contributed by atoms with Crippen LogP contribution in [0.1, 0.15) is 26.2 Å². The molecule has 3 nitrogen and oxygen atoms in total. The van der Waals surface area contributed by atoms with Gasteiger partial charge in [-0.3, -0.25) is 4.79 Å². The molecule has 1 saturated heterocycles. The maximum Gasteiger partial charge on any atom is 0.244 e. The molecule has 0 saturated carbocycles. The molecule has 2 atom stereocenters. The summed E-state index contributed by atoms with van der Waals surface area (Å²) < 4.78 is 0. The van der Waals surface area contributed by atoms with Gasteiger partial charge in [0.1, 0.15) is 0 Å². The van der Waals surface area contributed by atoms with E-state index in [9.17, 15) is 4.79 Å². The van der Waals surface area contributed by atoms with Crippen LogP contribution in [0.5, 0.6) is 0 Å². The van der Waals surface area contributed by atoms with Gasteiger partial charge in [-0.2, -0.15) is 0 Å². The van der Waals surface area contributed by atoms with E-state index in [1.165, 1.54) is 17.7 Å². The summed E-state index contributed by atoms with van der Waals surface area (Å²) in [6.45, 7) is 4.03. The summed E-state index contributed by atoms with van der Waals surface area (Å²) in [5.41, 5.74) is 1.09. The van der Waals surface area contributed by atoms with Crippen LogP contribution in [-0.2, 0) is 4.79 Å². The highest BCUT2D eigenvalue weighted by molar-refractivity contribution is 7.99. The van der Waals surface area contributed by atoms with Crippen molar-refractivity contribution in [2.24, 2.45) is 5.92 Å². The van der Waals surface area contributed by atoms with Crippen LogP contribution in [0.2, 0.25) is 0 Å². The quantitative estimate of drug-likeness (QED) is 0.909. The van der Waals surface area contributed by atoms with Gasteiger partial charge in [0, 0.05) is 17.2 Å². The number of nitrogens with zero attached hydrogens (tertiary/aromatic N) is 1. The van der Waals surface area contributed by atoms with Crippen molar-refractivity contribution in [2.75, 3.05) is 23.7 Å². The summed E-state index contributed by atoms with van der Waals surface area (Å²) in [5.74, 6) is 1.95. The first-order valence-electron chi connectivity index (χ1n) is 7.56. The van der Waals surface area contributed by atoms with Crippen molar-refractivity contribution in [1.29, 1.82) is 0 Å². The fourth-order valence-corrected chi connectivity index (χ4v) is 4.14. The number of piperidine rings is 1. The van der Waals surface area contributed by atoms with Crippen molar-refractivity contribution in [3.8, 4) is 0 Å². The van der Waals surface area contributed by atoms with Crippen molar-refractivity contribution in [3.05, 3.63) is 24.3 Å². The fraction of sp³-hybridized carbons (Fsp3) is 0.562. The van der Waals surface area contributed by atoms with Crippen LogP contribution in [0.3, 0.4) is 0 Å². The number of carbonyl (C=O) groups is 1. The minimum Gasteiger partial charge on any atom is -0.309 e. The molecule has 108 valence electrons. The summed E-state index contributed by atoms with van der Waals surface area (Å²) in [6.07, 6.45) is 3.37. The largest absolute Gasteiger partial charge is 0.309 e. The van der Waals surface area contributed by atoms with Gasteiger partial charge in [-0.25, -0.2) is 0 Å². The van der Waals surface area contributed by atoms with Gasteiger partial charge in [0.25, 0.3) is 0 Å². The number of carbonyl (C=O) groups excluding carboxylic acids is 1. The van der Waals surface area contributed by atoms with E-state index in [1.54, 1.807) is 0 Å². The van der Waals surface area contributed by atoms with Gasteiger partial charge in [-0.05, 0) is 37.4 Å². The lowest BCUT2D eigenvalue weighted by Crippen LogP contribution is -2.51. The Morgan fingerprint density at radius 3 is 3.15 bits per heavy atom. The summed E-state index contributed by atoms with van der Waals surface area (Å²) >= 11 is 1.85. The lowest BCUT2D eigenvalue weighted by atomic mass is 9.90. The highest BCUT2D eigenvalue weighted by Gasteiger charge is 2.32. The molecule has 1 aromatic carbocycles. The van der Waals surface area contributed by atoms with Gasteiger partial charge < -0.3 is 10.2 Å². The molecule has 2 aliphatic heterocycles. The molecule has 0 spiro atoms. The van der Waals surface area contributed by atoms with E-state index in [4.69, 9.17) is 0 Å². The third-order valence-corrected chi connectivity index (χ3v) is 5.43. The third-order valence-electron chi connectivity index (χ3n) is 4.38. The van der Waals surface area contributed by atoms with E-state index in [-0.39, 0.29) is 11.9 Å². The van der Waals surface area contributed by atoms with Crippen LogP contribution in [0.15, 0.2) is 29.2 Å². The van der Waals surface area contributed by atoms with Crippen molar-refractivity contribution < 1.29 is 4.79 Å². The van der Waals surface area contributed by atoms with Gasteiger partial charge in [0.05, 0.1) is 11.7 Å². The average molecular weight is 290 g/mol. The maximum atomic E-state index is 12.8. The maximum absolute atomic E-state index is 12.8. The smallest absolute Gasteiger partial charge is 0.244 e. The van der Waals surface area contributed by atoms with Crippen molar-refractivity contribution in [2.45, 2.75) is 37.1 Å². The molecule has 2 unspecified atom stereocenters. The number of anilines is 1. The van der Waals surface area contributed by atoms with E-state index in [0.717, 1.165) is 31.0 Å². The van der Waals surface area contributed by atoms with E-state index in [2.05, 4.69) is 24.4 Å². The van der Waals surface area contributed by atoms with Crippen LogP contribution >= 0.6 is 11.8 Å². The zero-order valence-corrected chi connectivity index (χ0v) is 12.8. The Morgan fingerprint density at radius 2 is 2.30 bits per heavy atom. The van der Waals surface area contributed by atoms with Crippen molar-refractivity contribution >= 4 is 23.4 Å². The number of thioether (sulfide) groups is 1. The number of hydrogen-bond acceptors (Lipinski definition) is 3. The number of para-hydroxylation sites is 1. The molecular weight excluding hydrogens is 268 g/mol. The van der Waals surface area contributed by atoms with E-state index < -0.39 is 0 Å². The molecule has 3 rings (SSSR count). The monoisotopic (exact) mass is 290 g/mol. The molecule has 0 aliphatic carbocycles. The number of benzene rings is 1. The summed E-state index contributed by atoms with van der Waals surface area (Å²) in [5, 5.41) is 3.41. The first-order chi connectivity index (χ1) is 9.79. The van der Waals surface area contributed by atoms with Gasteiger partial charge in [0.15, 0.2) is 0 Å². The summed E-state index contributed by atoms with van der Waals surface area (Å²) in [4.78, 5) is 16.1. The zero-order valence-electron chi connectivity index (χ0n) is 12.0. The number of fused-ring (bicyclic) bond motifs is 1. The minimum absolute atomic E-state index is 0.00450. The Hall–Kier alpha value is -1.00. The molecular formula is C16H22N2OS. The SMILES string of the molecule is CCC1CCNC(C(=O)N2CCSc3ccccc32)C1. The Labute approximate surface area is 125 Å². The van der Waals surface area contributed by atoms with Crippen molar-refractivity contribution in [3.63, 3.8) is 0 Å². The molecule has 1 amide bonds. The normalized spacial score (nSPS) is 26.1. The topological polar surface area (TPSA) is 32.3 Å². The average Bonchev–Trinajstić information content (AvgIpc) is 2.53. The Morgan fingerprint density at radius 1 is 1.45 bits per heavy atom. The molecule has 4 heteroatoms. The molecule has 0 radical (unpaired) electrons. The second-order valence-corrected chi connectivity index (χ2v) is 6.75. The van der Waals surface area contributed by atoms with Crippen molar-refractivity contribution in [1.82, 2.24) is 5.32 Å². The van der Waals surface area contributed by atoms with Gasteiger partial charge in [0.2, 0.25) is 5.91 Å². The molecule has 20 heavy (non-hydrogen) atoms. The molecule has 1 aromatic rings. The number of amides is 1. The number of nitrogens with one attached hydrogen (secondary N) is 1. The predicted molar refractivity (Wildman–Crippen MR) is 84.3 cm³/mol. The first kappa shape index (κ1) is 14.0. The summed E-state index contributed by atoms with van der Waals surface area (Å²) in [6, 6.07) is 8.26. The molecule has 1 N–H and O–H groups in total.